The molecule has 2 atom stereocenters. The fourth-order valence-electron chi connectivity index (χ4n) is 4.76. The summed E-state index contributed by atoms with van der Waals surface area (Å²) in [6.45, 7) is 1.38. The number of benzene rings is 3. The minimum Gasteiger partial charge on any atom is -0.368 e. The number of hydrogen-bond donors (Lipinski definition) is 3. The normalized spacial score (nSPS) is 15.9. The van der Waals surface area contributed by atoms with Crippen molar-refractivity contribution in [2.24, 2.45) is 5.73 Å². The Balaban J connectivity index is 1.71. The number of nitrogens with two attached hydrogens (primary N) is 1. The number of aromatic nitrogens is 1. The van der Waals surface area contributed by atoms with E-state index in [2.05, 4.69) is 10.3 Å². The summed E-state index contributed by atoms with van der Waals surface area (Å²) in [5.41, 5.74) is 10.3. The number of hydrogen-bond acceptors (Lipinski definition) is 3. The zero-order valence-electron chi connectivity index (χ0n) is 18.6. The maximum atomic E-state index is 13.6. The van der Waals surface area contributed by atoms with Gasteiger partial charge in [0.15, 0.2) is 0 Å². The van der Waals surface area contributed by atoms with Crippen molar-refractivity contribution >= 4 is 28.6 Å². The molecule has 3 aromatic carbocycles. The number of primary amides is 1. The lowest BCUT2D eigenvalue weighted by Gasteiger charge is -2.31. The summed E-state index contributed by atoms with van der Waals surface area (Å²) in [4.78, 5) is 42.9. The number of carbonyl (C=O) groups excluding carboxylic acids is 3. The van der Waals surface area contributed by atoms with E-state index in [1.807, 2.05) is 72.8 Å². The Hall–Kier alpha value is -4.39. The molecule has 1 aromatic heterocycles. The van der Waals surface area contributed by atoms with Gasteiger partial charge >= 0.3 is 0 Å². The first-order valence-electron chi connectivity index (χ1n) is 11.1. The lowest BCUT2D eigenvalue weighted by molar-refractivity contribution is -0.128. The number of H-pyrrole nitrogens is 1. The van der Waals surface area contributed by atoms with E-state index in [1.165, 1.54) is 0 Å². The van der Waals surface area contributed by atoms with Crippen LogP contribution >= 0.6 is 0 Å². The summed E-state index contributed by atoms with van der Waals surface area (Å²) in [7, 11) is 0. The fourth-order valence-corrected chi connectivity index (χ4v) is 4.76. The fraction of sp³-hybridized carbons (Fsp3) is 0.148. The van der Waals surface area contributed by atoms with Crippen molar-refractivity contribution in [3.05, 3.63) is 95.6 Å². The van der Waals surface area contributed by atoms with Crippen molar-refractivity contribution in [1.82, 2.24) is 15.2 Å². The molecule has 0 saturated carbocycles. The molecular weight excluding hydrogens is 428 g/mol. The summed E-state index contributed by atoms with van der Waals surface area (Å²) in [6, 6.07) is 24.0. The molecule has 1 aliphatic heterocycles. The Morgan fingerprint density at radius 1 is 1.00 bits per heavy atom. The molecule has 34 heavy (non-hydrogen) atoms. The third kappa shape index (κ3) is 3.51. The number of para-hydroxylation sites is 1. The highest BCUT2D eigenvalue weighted by Crippen LogP contribution is 2.46. The van der Waals surface area contributed by atoms with Gasteiger partial charge in [-0.15, -0.1) is 0 Å². The van der Waals surface area contributed by atoms with Crippen molar-refractivity contribution < 1.29 is 14.4 Å². The molecule has 0 aliphatic carbocycles. The van der Waals surface area contributed by atoms with Gasteiger partial charge in [-0.05, 0) is 30.2 Å². The number of rotatable bonds is 6. The van der Waals surface area contributed by atoms with Crippen LogP contribution in [0.1, 0.15) is 34.5 Å². The van der Waals surface area contributed by atoms with E-state index >= 15 is 0 Å². The van der Waals surface area contributed by atoms with Gasteiger partial charge < -0.3 is 20.9 Å². The van der Waals surface area contributed by atoms with Crippen LogP contribution < -0.4 is 11.1 Å². The van der Waals surface area contributed by atoms with Crippen molar-refractivity contribution in [3.8, 4) is 11.3 Å². The first-order chi connectivity index (χ1) is 16.5. The summed E-state index contributed by atoms with van der Waals surface area (Å²) in [5.74, 6) is -1.31. The molecule has 0 radical (unpaired) electrons. The van der Waals surface area contributed by atoms with Gasteiger partial charge in [0.25, 0.3) is 5.91 Å². The summed E-state index contributed by atoms with van der Waals surface area (Å²) in [6.07, 6.45) is 0. The molecular formula is C27H24N4O3. The van der Waals surface area contributed by atoms with E-state index in [1.54, 1.807) is 17.9 Å². The lowest BCUT2D eigenvalue weighted by atomic mass is 9.92. The predicted octanol–water partition coefficient (Wildman–Crippen LogP) is 3.37. The van der Waals surface area contributed by atoms with Gasteiger partial charge in [0, 0.05) is 22.0 Å². The van der Waals surface area contributed by atoms with Crippen molar-refractivity contribution in [3.63, 3.8) is 0 Å². The third-order valence-corrected chi connectivity index (χ3v) is 6.31. The SMILES string of the molecule is CC(C(=O)NCC(N)=O)N1C(=O)c2ccccc2C1c1c(-c2ccccc2)[nH]c2ccccc12. The average Bonchev–Trinajstić information content (AvgIpc) is 3.38. The molecule has 7 heteroatoms. The standard InChI is InChI=1S/C27H24N4O3/c1-16(26(33)29-15-22(28)32)31-25(18-11-5-6-12-19(18)27(31)34)23-20-13-7-8-14-21(20)30-24(23)17-9-3-2-4-10-17/h2-14,16,25,30H,15H2,1H3,(H2,28,32)(H,29,33). The topological polar surface area (TPSA) is 108 Å². The molecule has 7 nitrogen and oxygen atoms in total. The number of nitrogens with zero attached hydrogens (tertiary/aromatic N) is 1. The maximum Gasteiger partial charge on any atom is 0.255 e. The molecule has 0 bridgehead atoms. The van der Waals surface area contributed by atoms with Gasteiger partial charge in [-0.3, -0.25) is 14.4 Å². The Kier molecular flexibility index (Phi) is 5.37. The summed E-state index contributed by atoms with van der Waals surface area (Å²) < 4.78 is 0. The van der Waals surface area contributed by atoms with E-state index in [0.29, 0.717) is 5.56 Å². The zero-order valence-corrected chi connectivity index (χ0v) is 18.6. The van der Waals surface area contributed by atoms with Gasteiger partial charge in [0.05, 0.1) is 18.3 Å². The first-order valence-corrected chi connectivity index (χ1v) is 11.1. The molecule has 2 unspecified atom stereocenters. The molecule has 0 saturated heterocycles. The van der Waals surface area contributed by atoms with Gasteiger partial charge in [-0.25, -0.2) is 0 Å². The van der Waals surface area contributed by atoms with Gasteiger partial charge in [0.1, 0.15) is 6.04 Å². The minimum atomic E-state index is -0.832. The maximum absolute atomic E-state index is 13.6. The highest BCUT2D eigenvalue weighted by Gasteiger charge is 2.44. The van der Waals surface area contributed by atoms with Crippen LogP contribution in [0.4, 0.5) is 0 Å². The van der Waals surface area contributed by atoms with Crippen LogP contribution in [0.25, 0.3) is 22.2 Å². The molecule has 2 heterocycles. The van der Waals surface area contributed by atoms with Crippen LogP contribution in [0, 0.1) is 0 Å². The molecule has 4 N–H and O–H groups in total. The molecule has 170 valence electrons. The van der Waals surface area contributed by atoms with E-state index in [-0.39, 0.29) is 12.5 Å². The van der Waals surface area contributed by atoms with Crippen LogP contribution in [0.3, 0.4) is 0 Å². The quantitative estimate of drug-likeness (QED) is 0.417. The number of carbonyl (C=O) groups is 3. The number of amides is 3. The largest absolute Gasteiger partial charge is 0.368 e. The Bertz CT molecular complexity index is 1410. The van der Waals surface area contributed by atoms with Crippen LogP contribution in [0.2, 0.25) is 0 Å². The Labute approximate surface area is 196 Å². The van der Waals surface area contributed by atoms with Crippen LogP contribution in [-0.4, -0.2) is 40.2 Å². The summed E-state index contributed by atoms with van der Waals surface area (Å²) in [5, 5.41) is 3.52. The molecule has 0 spiro atoms. The smallest absolute Gasteiger partial charge is 0.255 e. The monoisotopic (exact) mass is 452 g/mol. The Morgan fingerprint density at radius 2 is 1.68 bits per heavy atom. The van der Waals surface area contributed by atoms with Crippen LogP contribution in [0.15, 0.2) is 78.9 Å². The van der Waals surface area contributed by atoms with Crippen molar-refractivity contribution in [2.75, 3.05) is 6.54 Å². The Morgan fingerprint density at radius 3 is 2.44 bits per heavy atom. The second-order valence-corrected chi connectivity index (χ2v) is 8.39. The first kappa shape index (κ1) is 21.5. The molecule has 3 amide bonds. The number of nitrogens with one attached hydrogen (secondary N) is 2. The predicted molar refractivity (Wildman–Crippen MR) is 130 cm³/mol. The van der Waals surface area contributed by atoms with Crippen LogP contribution in [0.5, 0.6) is 0 Å². The van der Waals surface area contributed by atoms with E-state index in [0.717, 1.165) is 33.3 Å². The molecule has 0 fully saturated rings. The highest BCUT2D eigenvalue weighted by atomic mass is 16.2. The number of aromatic amines is 1. The second kappa shape index (κ2) is 8.51. The van der Waals surface area contributed by atoms with E-state index in [9.17, 15) is 14.4 Å². The average molecular weight is 453 g/mol. The van der Waals surface area contributed by atoms with Gasteiger partial charge in [-0.2, -0.15) is 0 Å². The van der Waals surface area contributed by atoms with Crippen molar-refractivity contribution in [2.45, 2.75) is 19.0 Å². The van der Waals surface area contributed by atoms with E-state index < -0.39 is 23.9 Å². The van der Waals surface area contributed by atoms with Crippen LogP contribution in [-0.2, 0) is 9.59 Å². The number of fused-ring (bicyclic) bond motifs is 2. The summed E-state index contributed by atoms with van der Waals surface area (Å²) >= 11 is 0. The molecule has 4 aromatic rings. The van der Waals surface area contributed by atoms with E-state index in [4.69, 9.17) is 5.73 Å². The van der Waals surface area contributed by atoms with Crippen molar-refractivity contribution in [1.29, 1.82) is 0 Å². The lowest BCUT2D eigenvalue weighted by Crippen LogP contribution is -2.48. The minimum absolute atomic E-state index is 0.230. The second-order valence-electron chi connectivity index (χ2n) is 8.39. The zero-order chi connectivity index (χ0) is 23.8. The van der Waals surface area contributed by atoms with Gasteiger partial charge in [-0.1, -0.05) is 66.7 Å². The molecule has 5 rings (SSSR count). The third-order valence-electron chi connectivity index (χ3n) is 6.31. The molecule has 1 aliphatic rings. The highest BCUT2D eigenvalue weighted by molar-refractivity contribution is 6.04. The van der Waals surface area contributed by atoms with Gasteiger partial charge in [0.2, 0.25) is 11.8 Å².